The summed E-state index contributed by atoms with van der Waals surface area (Å²) < 4.78 is 0. The molecule has 0 fully saturated rings. The first-order valence-corrected chi connectivity index (χ1v) is 7.38. The molecule has 2 aromatic carbocycles. The van der Waals surface area contributed by atoms with Gasteiger partial charge in [0.2, 0.25) is 0 Å². The van der Waals surface area contributed by atoms with Gasteiger partial charge in [-0.15, -0.1) is 0 Å². The molecule has 0 heterocycles. The van der Waals surface area contributed by atoms with E-state index in [0.717, 1.165) is 5.56 Å². The highest BCUT2D eigenvalue weighted by molar-refractivity contribution is 6.35. The maximum Gasteiger partial charge on any atom is 0.0785 e. The number of carbonyl (C=O) groups is 1. The standard InChI is InChI=1S/C17H13Cl2NO2/c18-12-6-7-13(16(19)8-12)14(9-17(21)22)15(10-20)11-4-2-1-3-5-11/h1-8,14-15H,9H2,(H,21,22)/p-1. The third-order valence-corrected chi connectivity index (χ3v) is 4.01. The molecule has 2 aromatic rings. The quantitative estimate of drug-likeness (QED) is 0.841. The lowest BCUT2D eigenvalue weighted by Gasteiger charge is -2.24. The Hall–Kier alpha value is -2.02. The zero-order valence-electron chi connectivity index (χ0n) is 11.5. The SMILES string of the molecule is N#CC(c1ccccc1)C(CC(=O)[O-])c1ccc(Cl)cc1Cl. The Balaban J connectivity index is 2.49. The van der Waals surface area contributed by atoms with Gasteiger partial charge >= 0.3 is 0 Å². The Bertz CT molecular complexity index is 710. The molecule has 0 saturated heterocycles. The number of nitrogens with zero attached hydrogens (tertiary/aromatic N) is 1. The first-order chi connectivity index (χ1) is 10.5. The Labute approximate surface area is 138 Å². The highest BCUT2D eigenvalue weighted by Crippen LogP contribution is 2.39. The van der Waals surface area contributed by atoms with Crippen LogP contribution >= 0.6 is 23.2 Å². The van der Waals surface area contributed by atoms with E-state index in [0.29, 0.717) is 15.6 Å². The van der Waals surface area contributed by atoms with Crippen LogP contribution in [0.25, 0.3) is 0 Å². The summed E-state index contributed by atoms with van der Waals surface area (Å²) in [7, 11) is 0. The summed E-state index contributed by atoms with van der Waals surface area (Å²) in [4.78, 5) is 11.1. The zero-order chi connectivity index (χ0) is 16.1. The normalized spacial score (nSPS) is 13.1. The van der Waals surface area contributed by atoms with Crippen molar-refractivity contribution in [3.63, 3.8) is 0 Å². The van der Waals surface area contributed by atoms with Gasteiger partial charge in [-0.3, -0.25) is 0 Å². The zero-order valence-corrected chi connectivity index (χ0v) is 13.0. The fourth-order valence-electron chi connectivity index (χ4n) is 2.45. The maximum absolute atomic E-state index is 11.1. The van der Waals surface area contributed by atoms with Crippen LogP contribution in [0.5, 0.6) is 0 Å². The van der Waals surface area contributed by atoms with Gasteiger partial charge in [0.15, 0.2) is 0 Å². The van der Waals surface area contributed by atoms with Crippen LogP contribution in [0.1, 0.15) is 29.4 Å². The van der Waals surface area contributed by atoms with Gasteiger partial charge in [-0.1, -0.05) is 59.6 Å². The fourth-order valence-corrected chi connectivity index (χ4v) is 2.99. The predicted molar refractivity (Wildman–Crippen MR) is 83.6 cm³/mol. The van der Waals surface area contributed by atoms with E-state index in [-0.39, 0.29) is 6.42 Å². The molecule has 0 aliphatic heterocycles. The summed E-state index contributed by atoms with van der Waals surface area (Å²) in [5.41, 5.74) is 1.31. The number of benzene rings is 2. The number of carbonyl (C=O) groups excluding carboxylic acids is 1. The summed E-state index contributed by atoms with van der Waals surface area (Å²) in [5.74, 6) is -2.48. The second-order valence-corrected chi connectivity index (χ2v) is 5.71. The molecule has 0 aliphatic carbocycles. The van der Waals surface area contributed by atoms with Crippen molar-refractivity contribution in [3.05, 3.63) is 69.7 Å². The number of aliphatic carboxylic acids is 1. The van der Waals surface area contributed by atoms with Crippen molar-refractivity contribution in [2.75, 3.05) is 0 Å². The van der Waals surface area contributed by atoms with Crippen molar-refractivity contribution in [2.45, 2.75) is 18.3 Å². The molecular weight excluding hydrogens is 321 g/mol. The molecule has 112 valence electrons. The summed E-state index contributed by atoms with van der Waals surface area (Å²) in [6.45, 7) is 0. The molecule has 5 heteroatoms. The molecule has 2 atom stereocenters. The monoisotopic (exact) mass is 332 g/mol. The average molecular weight is 333 g/mol. The van der Waals surface area contributed by atoms with E-state index in [9.17, 15) is 15.2 Å². The van der Waals surface area contributed by atoms with Crippen LogP contribution < -0.4 is 5.11 Å². The summed E-state index contributed by atoms with van der Waals surface area (Å²) >= 11 is 12.1. The number of nitriles is 1. The van der Waals surface area contributed by atoms with Crippen molar-refractivity contribution < 1.29 is 9.90 Å². The highest BCUT2D eigenvalue weighted by atomic mass is 35.5. The first kappa shape index (κ1) is 16.4. The molecule has 0 aliphatic rings. The largest absolute Gasteiger partial charge is 0.550 e. The minimum Gasteiger partial charge on any atom is -0.550 e. The number of hydrogen-bond acceptors (Lipinski definition) is 3. The number of rotatable bonds is 5. The average Bonchev–Trinajstić information content (AvgIpc) is 2.48. The molecule has 0 amide bonds. The Kier molecular flexibility index (Phi) is 5.43. The molecule has 0 bridgehead atoms. The molecule has 0 spiro atoms. The number of hydrogen-bond donors (Lipinski definition) is 0. The van der Waals surface area contributed by atoms with Crippen LogP contribution in [0, 0.1) is 11.3 Å². The summed E-state index contributed by atoms with van der Waals surface area (Å²) in [6, 6.07) is 16.0. The molecular formula is C17H12Cl2NO2-. The first-order valence-electron chi connectivity index (χ1n) is 6.62. The van der Waals surface area contributed by atoms with Crippen LogP contribution in [-0.2, 0) is 4.79 Å². The second-order valence-electron chi connectivity index (χ2n) is 4.87. The van der Waals surface area contributed by atoms with E-state index >= 15 is 0 Å². The second kappa shape index (κ2) is 7.31. The van der Waals surface area contributed by atoms with Gasteiger partial charge < -0.3 is 9.90 Å². The topological polar surface area (TPSA) is 63.9 Å². The predicted octanol–water partition coefficient (Wildman–Crippen LogP) is 3.52. The van der Waals surface area contributed by atoms with Crippen molar-refractivity contribution in [1.29, 1.82) is 5.26 Å². The van der Waals surface area contributed by atoms with Crippen LogP contribution in [0.2, 0.25) is 10.0 Å². The van der Waals surface area contributed by atoms with Crippen molar-refractivity contribution in [1.82, 2.24) is 0 Å². The molecule has 2 unspecified atom stereocenters. The smallest absolute Gasteiger partial charge is 0.0785 e. The van der Waals surface area contributed by atoms with Gasteiger partial charge in [-0.05, 0) is 29.7 Å². The lowest BCUT2D eigenvalue weighted by Crippen LogP contribution is -2.26. The number of halogens is 2. The maximum atomic E-state index is 11.1. The summed E-state index contributed by atoms with van der Waals surface area (Å²) in [5, 5.41) is 21.5. The van der Waals surface area contributed by atoms with Crippen LogP contribution in [0.3, 0.4) is 0 Å². The Morgan fingerprint density at radius 1 is 1.18 bits per heavy atom. The number of carboxylic acids is 1. The lowest BCUT2D eigenvalue weighted by atomic mass is 9.80. The third-order valence-electron chi connectivity index (χ3n) is 3.45. The van der Waals surface area contributed by atoms with E-state index < -0.39 is 17.8 Å². The minimum atomic E-state index is -1.23. The van der Waals surface area contributed by atoms with E-state index in [2.05, 4.69) is 6.07 Å². The fraction of sp³-hybridized carbons (Fsp3) is 0.176. The third kappa shape index (κ3) is 3.79. The molecule has 3 nitrogen and oxygen atoms in total. The molecule has 0 saturated carbocycles. The van der Waals surface area contributed by atoms with Gasteiger partial charge in [0.05, 0.1) is 12.0 Å². The van der Waals surface area contributed by atoms with Crippen molar-refractivity contribution in [3.8, 4) is 6.07 Å². The molecule has 2 rings (SSSR count). The van der Waals surface area contributed by atoms with Crippen LogP contribution in [0.4, 0.5) is 0 Å². The van der Waals surface area contributed by atoms with Gasteiger partial charge in [0, 0.05) is 21.9 Å². The van der Waals surface area contributed by atoms with Gasteiger partial charge in [-0.25, -0.2) is 0 Å². The van der Waals surface area contributed by atoms with Crippen LogP contribution in [-0.4, -0.2) is 5.97 Å². The van der Waals surface area contributed by atoms with E-state index in [1.165, 1.54) is 0 Å². The Morgan fingerprint density at radius 2 is 1.86 bits per heavy atom. The van der Waals surface area contributed by atoms with Gasteiger partial charge in [0.25, 0.3) is 0 Å². The van der Waals surface area contributed by atoms with Gasteiger partial charge in [-0.2, -0.15) is 5.26 Å². The lowest BCUT2D eigenvalue weighted by molar-refractivity contribution is -0.306. The molecule has 0 aromatic heterocycles. The van der Waals surface area contributed by atoms with Gasteiger partial charge in [0.1, 0.15) is 0 Å². The highest BCUT2D eigenvalue weighted by Gasteiger charge is 2.26. The number of carboxylic acid groups (broad SMARTS) is 1. The van der Waals surface area contributed by atoms with Crippen molar-refractivity contribution in [2.24, 2.45) is 0 Å². The molecule has 0 radical (unpaired) electrons. The van der Waals surface area contributed by atoms with Crippen LogP contribution in [0.15, 0.2) is 48.5 Å². The minimum absolute atomic E-state index is 0.297. The molecule has 0 N–H and O–H groups in total. The summed E-state index contributed by atoms with van der Waals surface area (Å²) in [6.07, 6.45) is -0.297. The molecule has 22 heavy (non-hydrogen) atoms. The van der Waals surface area contributed by atoms with E-state index in [4.69, 9.17) is 23.2 Å². The Morgan fingerprint density at radius 3 is 2.41 bits per heavy atom. The van der Waals surface area contributed by atoms with E-state index in [1.807, 2.05) is 6.07 Å². The van der Waals surface area contributed by atoms with E-state index in [1.54, 1.807) is 42.5 Å². The van der Waals surface area contributed by atoms with Crippen molar-refractivity contribution >= 4 is 29.2 Å².